The molecular weight excluding hydrogens is 150 g/mol. The smallest absolute Gasteiger partial charge is 0.231 e. The van der Waals surface area contributed by atoms with Crippen LogP contribution in [0.4, 0.5) is 0 Å². The fraction of sp³-hybridized carbons (Fsp3) is 0.750. The van der Waals surface area contributed by atoms with Crippen molar-refractivity contribution in [3.05, 3.63) is 0 Å². The summed E-state index contributed by atoms with van der Waals surface area (Å²) >= 11 is 1.49. The molecule has 5 nitrogen and oxygen atoms in total. The fourth-order valence-electron chi connectivity index (χ4n) is 0.420. The molecule has 1 aromatic heterocycles. The highest BCUT2D eigenvalue weighted by atomic mass is 32.2. The van der Waals surface area contributed by atoms with Crippen LogP contribution in [0.25, 0.3) is 0 Å². The van der Waals surface area contributed by atoms with E-state index in [9.17, 15) is 0 Å². The van der Waals surface area contributed by atoms with Crippen LogP contribution in [-0.2, 0) is 0 Å². The van der Waals surface area contributed by atoms with E-state index in [1.54, 1.807) is 0 Å². The second-order valence-electron chi connectivity index (χ2n) is 1.98. The Labute approximate surface area is 62.8 Å². The van der Waals surface area contributed by atoms with E-state index in [4.69, 9.17) is 5.73 Å². The highest BCUT2D eigenvalue weighted by molar-refractivity contribution is 7.99. The van der Waals surface area contributed by atoms with Crippen molar-refractivity contribution < 1.29 is 0 Å². The first-order chi connectivity index (χ1) is 4.79. The summed E-state index contributed by atoms with van der Waals surface area (Å²) in [6.07, 6.45) is 0. The minimum Gasteiger partial charge on any atom is -0.327 e. The lowest BCUT2D eigenvalue weighted by Crippen LogP contribution is -2.17. The van der Waals surface area contributed by atoms with E-state index < -0.39 is 0 Å². The van der Waals surface area contributed by atoms with Crippen LogP contribution in [0.1, 0.15) is 6.92 Å². The maximum atomic E-state index is 5.50. The summed E-state index contributed by atoms with van der Waals surface area (Å²) in [6.45, 7) is 1.94. The quantitative estimate of drug-likeness (QED) is 0.589. The monoisotopic (exact) mass is 159 g/mol. The van der Waals surface area contributed by atoms with Gasteiger partial charge in [0.2, 0.25) is 5.16 Å². The van der Waals surface area contributed by atoms with Gasteiger partial charge in [-0.3, -0.25) is 0 Å². The molecule has 0 saturated heterocycles. The summed E-state index contributed by atoms with van der Waals surface area (Å²) in [5.41, 5.74) is 5.50. The number of thioether (sulfide) groups is 1. The Morgan fingerprint density at radius 2 is 2.60 bits per heavy atom. The molecule has 0 aliphatic heterocycles. The number of tetrazole rings is 1. The largest absolute Gasteiger partial charge is 0.327 e. The minimum absolute atomic E-state index is 0.170. The van der Waals surface area contributed by atoms with E-state index in [-0.39, 0.29) is 6.04 Å². The lowest BCUT2D eigenvalue weighted by molar-refractivity contribution is 0.842. The van der Waals surface area contributed by atoms with Gasteiger partial charge in [0, 0.05) is 11.8 Å². The zero-order valence-corrected chi connectivity index (χ0v) is 6.43. The third-order valence-electron chi connectivity index (χ3n) is 0.801. The predicted molar refractivity (Wildman–Crippen MR) is 38.6 cm³/mol. The Kier molecular flexibility index (Phi) is 2.64. The number of aromatic amines is 1. The molecule has 1 atom stereocenters. The van der Waals surface area contributed by atoms with Crippen LogP contribution in [0, 0.1) is 0 Å². The molecule has 0 fully saturated rings. The molecule has 1 unspecified atom stereocenters. The number of hydrogen-bond acceptors (Lipinski definition) is 5. The molecule has 0 aromatic carbocycles. The van der Waals surface area contributed by atoms with Crippen molar-refractivity contribution >= 4 is 11.8 Å². The van der Waals surface area contributed by atoms with Crippen molar-refractivity contribution in [1.29, 1.82) is 0 Å². The zero-order valence-electron chi connectivity index (χ0n) is 5.61. The molecule has 0 spiro atoms. The van der Waals surface area contributed by atoms with E-state index in [1.165, 1.54) is 11.8 Å². The molecule has 1 aromatic rings. The van der Waals surface area contributed by atoms with Crippen molar-refractivity contribution in [2.75, 3.05) is 5.75 Å². The number of H-pyrrole nitrogens is 1. The third kappa shape index (κ3) is 2.32. The van der Waals surface area contributed by atoms with Gasteiger partial charge in [-0.15, -0.1) is 10.2 Å². The molecule has 0 radical (unpaired) electrons. The molecule has 0 amide bonds. The van der Waals surface area contributed by atoms with Gasteiger partial charge in [0.25, 0.3) is 0 Å². The summed E-state index contributed by atoms with van der Waals surface area (Å²) in [6, 6.07) is 0.170. The molecule has 0 aliphatic rings. The van der Waals surface area contributed by atoms with Crippen LogP contribution in [0.5, 0.6) is 0 Å². The Morgan fingerprint density at radius 1 is 1.80 bits per heavy atom. The average Bonchev–Trinajstić information content (AvgIpc) is 2.34. The molecule has 0 aliphatic carbocycles. The van der Waals surface area contributed by atoms with Crippen LogP contribution < -0.4 is 5.73 Å². The summed E-state index contributed by atoms with van der Waals surface area (Å²) in [4.78, 5) is 0. The maximum Gasteiger partial charge on any atom is 0.231 e. The van der Waals surface area contributed by atoms with Crippen molar-refractivity contribution in [2.24, 2.45) is 5.73 Å². The maximum absolute atomic E-state index is 5.50. The Hall–Kier alpha value is -0.620. The van der Waals surface area contributed by atoms with Gasteiger partial charge in [0.1, 0.15) is 0 Å². The normalized spacial score (nSPS) is 13.4. The Balaban J connectivity index is 2.28. The van der Waals surface area contributed by atoms with Crippen LogP contribution in [0.3, 0.4) is 0 Å². The lowest BCUT2D eigenvalue weighted by atomic mass is 10.4. The summed E-state index contributed by atoms with van der Waals surface area (Å²) in [7, 11) is 0. The summed E-state index contributed by atoms with van der Waals surface area (Å²) < 4.78 is 0. The van der Waals surface area contributed by atoms with E-state index in [0.717, 1.165) is 5.75 Å². The number of nitrogens with one attached hydrogen (secondary N) is 1. The lowest BCUT2D eigenvalue weighted by Gasteiger charge is -1.98. The highest BCUT2D eigenvalue weighted by Gasteiger charge is 1.99. The first kappa shape index (κ1) is 7.49. The van der Waals surface area contributed by atoms with Gasteiger partial charge in [-0.2, -0.15) is 5.21 Å². The van der Waals surface area contributed by atoms with Crippen molar-refractivity contribution in [1.82, 2.24) is 20.6 Å². The zero-order chi connectivity index (χ0) is 7.40. The predicted octanol–water partition coefficient (Wildman–Crippen LogP) is -0.361. The molecule has 1 rings (SSSR count). The van der Waals surface area contributed by atoms with Crippen molar-refractivity contribution in [2.45, 2.75) is 18.1 Å². The molecule has 0 bridgehead atoms. The van der Waals surface area contributed by atoms with Gasteiger partial charge in [0.15, 0.2) is 0 Å². The van der Waals surface area contributed by atoms with Crippen LogP contribution in [0.15, 0.2) is 5.16 Å². The van der Waals surface area contributed by atoms with Gasteiger partial charge in [-0.1, -0.05) is 11.8 Å². The van der Waals surface area contributed by atoms with Gasteiger partial charge < -0.3 is 5.73 Å². The van der Waals surface area contributed by atoms with Gasteiger partial charge >= 0.3 is 0 Å². The van der Waals surface area contributed by atoms with E-state index in [2.05, 4.69) is 20.6 Å². The Bertz CT molecular complexity index is 172. The first-order valence-electron chi connectivity index (χ1n) is 2.91. The number of rotatable bonds is 3. The van der Waals surface area contributed by atoms with Gasteiger partial charge in [0.05, 0.1) is 0 Å². The van der Waals surface area contributed by atoms with E-state index in [0.29, 0.717) is 5.16 Å². The average molecular weight is 159 g/mol. The molecule has 0 saturated carbocycles. The molecular formula is C4H9N5S. The summed E-state index contributed by atoms with van der Waals surface area (Å²) in [5.74, 6) is 0.819. The number of hydrogen-bond donors (Lipinski definition) is 2. The molecule has 6 heteroatoms. The highest BCUT2D eigenvalue weighted by Crippen LogP contribution is 2.09. The van der Waals surface area contributed by atoms with E-state index in [1.807, 2.05) is 6.92 Å². The number of nitrogens with zero attached hydrogens (tertiary/aromatic N) is 3. The molecule has 1 heterocycles. The Morgan fingerprint density at radius 3 is 3.10 bits per heavy atom. The third-order valence-corrected chi connectivity index (χ3v) is 1.92. The first-order valence-corrected chi connectivity index (χ1v) is 3.89. The molecule has 3 N–H and O–H groups in total. The minimum atomic E-state index is 0.170. The topological polar surface area (TPSA) is 80.5 Å². The summed E-state index contributed by atoms with van der Waals surface area (Å²) in [5, 5.41) is 13.9. The second-order valence-corrected chi connectivity index (χ2v) is 2.97. The van der Waals surface area contributed by atoms with Crippen molar-refractivity contribution in [3.63, 3.8) is 0 Å². The number of aromatic nitrogens is 4. The van der Waals surface area contributed by atoms with Crippen molar-refractivity contribution in [3.8, 4) is 0 Å². The number of nitrogens with two attached hydrogens (primary N) is 1. The van der Waals surface area contributed by atoms with Crippen LogP contribution in [0.2, 0.25) is 0 Å². The standard InChI is InChI=1S/C4H9N5S/c1-3(5)2-10-4-6-8-9-7-4/h3H,2,5H2,1H3,(H,6,7,8,9). The van der Waals surface area contributed by atoms with Crippen LogP contribution >= 0.6 is 11.8 Å². The van der Waals surface area contributed by atoms with Crippen LogP contribution in [-0.4, -0.2) is 32.4 Å². The molecule has 10 heavy (non-hydrogen) atoms. The fourth-order valence-corrected chi connectivity index (χ4v) is 1.04. The van der Waals surface area contributed by atoms with Gasteiger partial charge in [-0.05, 0) is 12.1 Å². The van der Waals surface area contributed by atoms with Gasteiger partial charge in [-0.25, -0.2) is 0 Å². The molecule has 56 valence electrons. The van der Waals surface area contributed by atoms with E-state index >= 15 is 0 Å². The second kappa shape index (κ2) is 3.52. The SMILES string of the molecule is CC(N)CSc1nn[nH]n1.